The predicted octanol–water partition coefficient (Wildman–Crippen LogP) is 2.29. The molecule has 1 aliphatic rings. The number of anilines is 1. The molecule has 2 heterocycles. The molecule has 0 aliphatic carbocycles. The number of benzene rings is 2. The summed E-state index contributed by atoms with van der Waals surface area (Å²) in [5.74, 6) is 1.54. The summed E-state index contributed by atoms with van der Waals surface area (Å²) in [6.45, 7) is -0.0541. The van der Waals surface area contributed by atoms with E-state index in [1.165, 1.54) is 6.07 Å². The van der Waals surface area contributed by atoms with E-state index in [2.05, 4.69) is 10.4 Å². The van der Waals surface area contributed by atoms with E-state index < -0.39 is 0 Å². The molecule has 0 atom stereocenters. The van der Waals surface area contributed by atoms with Crippen LogP contribution in [0.4, 0.5) is 5.69 Å². The minimum atomic E-state index is -0.375. The normalized spacial score (nSPS) is 11.9. The summed E-state index contributed by atoms with van der Waals surface area (Å²) in [5, 5.41) is 7.03. The summed E-state index contributed by atoms with van der Waals surface area (Å²) < 4.78 is 16.8. The molecule has 0 saturated carbocycles. The number of amides is 1. The van der Waals surface area contributed by atoms with E-state index in [1.54, 1.807) is 43.5 Å². The minimum Gasteiger partial charge on any atom is -0.497 e. The maximum absolute atomic E-state index is 12.4. The van der Waals surface area contributed by atoms with Crippen molar-refractivity contribution in [1.29, 1.82) is 0 Å². The Balaban J connectivity index is 1.50. The lowest BCUT2D eigenvalue weighted by Crippen LogP contribution is -2.29. The van der Waals surface area contributed by atoms with Crippen LogP contribution in [0, 0.1) is 0 Å². The first-order valence-electron chi connectivity index (χ1n) is 8.54. The van der Waals surface area contributed by atoms with Crippen molar-refractivity contribution in [2.45, 2.75) is 6.54 Å². The minimum absolute atomic E-state index is 0.157. The molecule has 0 radical (unpaired) electrons. The fourth-order valence-electron chi connectivity index (χ4n) is 2.79. The van der Waals surface area contributed by atoms with Crippen LogP contribution in [0.1, 0.15) is 0 Å². The van der Waals surface area contributed by atoms with Crippen LogP contribution < -0.4 is 25.1 Å². The Morgan fingerprint density at radius 2 is 1.89 bits per heavy atom. The van der Waals surface area contributed by atoms with Gasteiger partial charge in [0.25, 0.3) is 5.56 Å². The van der Waals surface area contributed by atoms with E-state index in [9.17, 15) is 9.59 Å². The summed E-state index contributed by atoms with van der Waals surface area (Å²) in [4.78, 5) is 24.5. The predicted molar refractivity (Wildman–Crippen MR) is 102 cm³/mol. The van der Waals surface area contributed by atoms with E-state index in [4.69, 9.17) is 14.2 Å². The van der Waals surface area contributed by atoms with Gasteiger partial charge in [0.2, 0.25) is 12.7 Å². The third-order valence-corrected chi connectivity index (χ3v) is 4.20. The summed E-state index contributed by atoms with van der Waals surface area (Å²) in [6, 6.07) is 15.4. The first-order chi connectivity index (χ1) is 13.6. The molecule has 0 unspecified atom stereocenters. The molecule has 3 aromatic rings. The fourth-order valence-corrected chi connectivity index (χ4v) is 2.79. The molecular weight excluding hydrogens is 362 g/mol. The van der Waals surface area contributed by atoms with Crippen molar-refractivity contribution in [3.05, 3.63) is 65.0 Å². The van der Waals surface area contributed by atoms with Crippen LogP contribution >= 0.6 is 0 Å². The molecule has 0 saturated heterocycles. The number of rotatable bonds is 5. The standard InChI is InChI=1S/C20H17N3O5/c1-26-15-5-2-13(3-6-15)16-7-9-20(25)23(22-16)11-19(24)21-14-4-8-17-18(10-14)28-12-27-17/h2-10H,11-12H2,1H3,(H,21,24). The topological polar surface area (TPSA) is 91.7 Å². The smallest absolute Gasteiger partial charge is 0.267 e. The monoisotopic (exact) mass is 379 g/mol. The van der Waals surface area contributed by atoms with Crippen LogP contribution in [0.2, 0.25) is 0 Å². The Hall–Kier alpha value is -3.81. The lowest BCUT2D eigenvalue weighted by Gasteiger charge is -2.09. The maximum Gasteiger partial charge on any atom is 0.267 e. The molecular formula is C20H17N3O5. The zero-order valence-electron chi connectivity index (χ0n) is 15.0. The molecule has 28 heavy (non-hydrogen) atoms. The van der Waals surface area contributed by atoms with Crippen molar-refractivity contribution in [3.8, 4) is 28.5 Å². The van der Waals surface area contributed by atoms with Gasteiger partial charge in [-0.2, -0.15) is 5.10 Å². The maximum atomic E-state index is 12.4. The molecule has 2 aromatic carbocycles. The van der Waals surface area contributed by atoms with Gasteiger partial charge in [-0.1, -0.05) is 0 Å². The molecule has 142 valence electrons. The third-order valence-electron chi connectivity index (χ3n) is 4.20. The summed E-state index contributed by atoms with van der Waals surface area (Å²) in [7, 11) is 1.59. The molecule has 8 nitrogen and oxygen atoms in total. The van der Waals surface area contributed by atoms with Crippen molar-refractivity contribution in [3.63, 3.8) is 0 Å². The highest BCUT2D eigenvalue weighted by Gasteiger charge is 2.15. The van der Waals surface area contributed by atoms with Gasteiger partial charge in [0, 0.05) is 23.4 Å². The van der Waals surface area contributed by atoms with Crippen LogP contribution in [0.5, 0.6) is 17.2 Å². The number of nitrogens with zero attached hydrogens (tertiary/aromatic N) is 2. The number of fused-ring (bicyclic) bond motifs is 1. The van der Waals surface area contributed by atoms with Crippen LogP contribution in [0.25, 0.3) is 11.3 Å². The van der Waals surface area contributed by atoms with Gasteiger partial charge in [0.15, 0.2) is 11.5 Å². The highest BCUT2D eigenvalue weighted by Crippen LogP contribution is 2.34. The first-order valence-corrected chi connectivity index (χ1v) is 8.54. The molecule has 4 rings (SSSR count). The van der Waals surface area contributed by atoms with E-state index >= 15 is 0 Å². The van der Waals surface area contributed by atoms with E-state index in [0.717, 1.165) is 16.0 Å². The van der Waals surface area contributed by atoms with Gasteiger partial charge in [-0.05, 0) is 42.5 Å². The van der Waals surface area contributed by atoms with Crippen LogP contribution in [-0.2, 0) is 11.3 Å². The van der Waals surface area contributed by atoms with Gasteiger partial charge in [-0.25, -0.2) is 4.68 Å². The average Bonchev–Trinajstić information content (AvgIpc) is 3.17. The van der Waals surface area contributed by atoms with E-state index in [1.807, 2.05) is 12.1 Å². The molecule has 8 heteroatoms. The molecule has 1 amide bonds. The molecule has 0 bridgehead atoms. The highest BCUT2D eigenvalue weighted by molar-refractivity contribution is 5.90. The molecule has 0 spiro atoms. The number of methoxy groups -OCH3 is 1. The van der Waals surface area contributed by atoms with Crippen LogP contribution in [0.15, 0.2) is 59.4 Å². The van der Waals surface area contributed by atoms with Gasteiger partial charge in [-0.15, -0.1) is 0 Å². The number of carbonyl (C=O) groups is 1. The summed E-state index contributed by atoms with van der Waals surface area (Å²) in [6.07, 6.45) is 0. The van der Waals surface area contributed by atoms with Gasteiger partial charge in [0.1, 0.15) is 12.3 Å². The fraction of sp³-hybridized carbons (Fsp3) is 0.150. The van der Waals surface area contributed by atoms with Crippen molar-refractivity contribution >= 4 is 11.6 Å². The molecule has 1 aromatic heterocycles. The largest absolute Gasteiger partial charge is 0.497 e. The molecule has 0 fully saturated rings. The Morgan fingerprint density at radius 3 is 2.68 bits per heavy atom. The number of carbonyl (C=O) groups excluding carboxylic acids is 1. The van der Waals surface area contributed by atoms with Gasteiger partial charge >= 0.3 is 0 Å². The third kappa shape index (κ3) is 3.66. The van der Waals surface area contributed by atoms with Crippen molar-refractivity contribution in [2.75, 3.05) is 19.2 Å². The highest BCUT2D eigenvalue weighted by atomic mass is 16.7. The molecule has 1 N–H and O–H groups in total. The number of ether oxygens (including phenoxy) is 3. The lowest BCUT2D eigenvalue weighted by molar-refractivity contribution is -0.117. The SMILES string of the molecule is COc1ccc(-c2ccc(=O)n(CC(=O)Nc3ccc4c(c3)OCO4)n2)cc1. The van der Waals surface area contributed by atoms with Gasteiger partial charge in [0.05, 0.1) is 12.8 Å². The quantitative estimate of drug-likeness (QED) is 0.731. The Morgan fingerprint density at radius 1 is 1.11 bits per heavy atom. The number of nitrogens with one attached hydrogen (secondary N) is 1. The second-order valence-corrected chi connectivity index (χ2v) is 6.06. The van der Waals surface area contributed by atoms with Crippen LogP contribution in [0.3, 0.4) is 0 Å². The van der Waals surface area contributed by atoms with Crippen molar-refractivity contribution < 1.29 is 19.0 Å². The zero-order valence-corrected chi connectivity index (χ0v) is 15.0. The lowest BCUT2D eigenvalue weighted by atomic mass is 10.1. The van der Waals surface area contributed by atoms with Crippen LogP contribution in [-0.4, -0.2) is 29.6 Å². The number of hydrogen-bond donors (Lipinski definition) is 1. The summed E-state index contributed by atoms with van der Waals surface area (Å²) in [5.41, 5.74) is 1.58. The number of hydrogen-bond acceptors (Lipinski definition) is 6. The van der Waals surface area contributed by atoms with E-state index in [-0.39, 0.29) is 24.8 Å². The average molecular weight is 379 g/mol. The Labute approximate surface area is 160 Å². The van der Waals surface area contributed by atoms with Crippen molar-refractivity contribution in [1.82, 2.24) is 9.78 Å². The second-order valence-electron chi connectivity index (χ2n) is 6.06. The summed E-state index contributed by atoms with van der Waals surface area (Å²) >= 11 is 0. The van der Waals surface area contributed by atoms with Gasteiger partial charge < -0.3 is 19.5 Å². The van der Waals surface area contributed by atoms with E-state index in [0.29, 0.717) is 22.9 Å². The zero-order chi connectivity index (χ0) is 19.5. The molecule has 1 aliphatic heterocycles. The second kappa shape index (κ2) is 7.43. The van der Waals surface area contributed by atoms with Crippen molar-refractivity contribution in [2.24, 2.45) is 0 Å². The first kappa shape index (κ1) is 17.6. The Kier molecular flexibility index (Phi) is 4.67. The number of aromatic nitrogens is 2. The Bertz CT molecular complexity index is 1080. The van der Waals surface area contributed by atoms with Gasteiger partial charge in [-0.3, -0.25) is 9.59 Å².